The summed E-state index contributed by atoms with van der Waals surface area (Å²) in [6.07, 6.45) is 7.57. The lowest BCUT2D eigenvalue weighted by Crippen LogP contribution is -2.50. The topological polar surface area (TPSA) is 48.4 Å². The maximum Gasteiger partial charge on any atom is 0.135 e. The number of rotatable bonds is 3. The molecule has 2 aromatic heterocycles. The Morgan fingerprint density at radius 3 is 2.81 bits per heavy atom. The molecule has 4 rings (SSSR count). The van der Waals surface area contributed by atoms with Gasteiger partial charge in [0.25, 0.3) is 0 Å². The van der Waals surface area contributed by atoms with Crippen molar-refractivity contribution in [3.63, 3.8) is 0 Å². The van der Waals surface area contributed by atoms with Crippen LogP contribution in [0.4, 0.5) is 5.82 Å². The van der Waals surface area contributed by atoms with Crippen LogP contribution < -0.4 is 4.90 Å². The van der Waals surface area contributed by atoms with E-state index in [-0.39, 0.29) is 0 Å². The Kier molecular flexibility index (Phi) is 5.13. The van der Waals surface area contributed by atoms with Crippen molar-refractivity contribution >= 4 is 5.82 Å². The van der Waals surface area contributed by atoms with Crippen LogP contribution >= 0.6 is 0 Å². The van der Waals surface area contributed by atoms with Crippen molar-refractivity contribution in [1.82, 2.24) is 24.8 Å². The third kappa shape index (κ3) is 3.71. The first-order valence-corrected chi connectivity index (χ1v) is 9.60. The maximum absolute atomic E-state index is 4.69. The summed E-state index contributed by atoms with van der Waals surface area (Å²) in [7, 11) is 2.21. The van der Waals surface area contributed by atoms with Gasteiger partial charge in [-0.25, -0.2) is 9.97 Å². The molecule has 138 valence electrons. The van der Waals surface area contributed by atoms with Crippen LogP contribution in [0.1, 0.15) is 23.7 Å². The minimum absolute atomic E-state index is 0.558. The third-order valence-electron chi connectivity index (χ3n) is 5.74. The number of hydrogen-bond donors (Lipinski definition) is 0. The summed E-state index contributed by atoms with van der Waals surface area (Å²) < 4.78 is 0. The monoisotopic (exact) mass is 352 g/mol. The quantitative estimate of drug-likeness (QED) is 0.837. The van der Waals surface area contributed by atoms with Crippen molar-refractivity contribution in [2.24, 2.45) is 0 Å². The van der Waals surface area contributed by atoms with Gasteiger partial charge in [0, 0.05) is 69.7 Å². The number of likely N-dealkylation sites (N-methyl/N-ethyl adjacent to an activating group) is 1. The number of pyridine rings is 1. The Hall–Kier alpha value is -2.05. The molecule has 1 atom stereocenters. The van der Waals surface area contributed by atoms with Gasteiger partial charge in [-0.1, -0.05) is 6.07 Å². The summed E-state index contributed by atoms with van der Waals surface area (Å²) in [5.41, 5.74) is 3.87. The van der Waals surface area contributed by atoms with Crippen LogP contribution in [0, 0.1) is 0 Å². The number of fused-ring (bicyclic) bond motifs is 1. The van der Waals surface area contributed by atoms with Gasteiger partial charge in [0.15, 0.2) is 0 Å². The number of aromatic nitrogens is 3. The molecular weight excluding hydrogens is 324 g/mol. The summed E-state index contributed by atoms with van der Waals surface area (Å²) in [6, 6.07) is 4.73. The molecule has 0 radical (unpaired) electrons. The highest BCUT2D eigenvalue weighted by Gasteiger charge is 2.26. The number of hydrogen-bond acceptors (Lipinski definition) is 6. The van der Waals surface area contributed by atoms with Gasteiger partial charge in [-0.05, 0) is 32.0 Å². The largest absolute Gasteiger partial charge is 0.353 e. The second kappa shape index (κ2) is 7.68. The normalized spacial score (nSPS) is 22.1. The fraction of sp³-hybridized carbons (Fsp3) is 0.550. The predicted molar refractivity (Wildman–Crippen MR) is 103 cm³/mol. The molecule has 0 aliphatic carbocycles. The van der Waals surface area contributed by atoms with Crippen molar-refractivity contribution in [3.8, 4) is 0 Å². The standard InChI is InChI=1S/C20H28N6/c1-16-13-26(11-10-24(16)2)20-18-5-8-25(9-6-19(18)22-15-23-20)14-17-4-3-7-21-12-17/h3-4,7,12,15-16H,5-6,8-11,13-14H2,1-2H3/t16-/m0/s1. The SMILES string of the molecule is C[C@H]1CN(c2ncnc3c2CCN(Cc2cccnc2)CC3)CCN1C. The van der Waals surface area contributed by atoms with Crippen LogP contribution in [0.5, 0.6) is 0 Å². The Labute approximate surface area is 155 Å². The van der Waals surface area contributed by atoms with Crippen LogP contribution in [0.25, 0.3) is 0 Å². The first-order valence-electron chi connectivity index (χ1n) is 9.60. The summed E-state index contributed by atoms with van der Waals surface area (Å²) in [4.78, 5) is 21.0. The Morgan fingerprint density at radius 2 is 2.00 bits per heavy atom. The van der Waals surface area contributed by atoms with Gasteiger partial charge in [-0.15, -0.1) is 0 Å². The highest BCUT2D eigenvalue weighted by molar-refractivity contribution is 5.50. The molecule has 1 fully saturated rings. The molecule has 0 amide bonds. The number of nitrogens with zero attached hydrogens (tertiary/aromatic N) is 6. The molecule has 0 bridgehead atoms. The molecule has 1 saturated heterocycles. The lowest BCUT2D eigenvalue weighted by atomic mass is 10.1. The van der Waals surface area contributed by atoms with Crippen LogP contribution in [-0.4, -0.2) is 70.6 Å². The molecule has 0 unspecified atom stereocenters. The van der Waals surface area contributed by atoms with E-state index in [1.165, 1.54) is 16.8 Å². The smallest absolute Gasteiger partial charge is 0.135 e. The molecule has 0 N–H and O–H groups in total. The molecule has 0 saturated carbocycles. The van der Waals surface area contributed by atoms with E-state index >= 15 is 0 Å². The molecule has 6 nitrogen and oxygen atoms in total. The van der Waals surface area contributed by atoms with Gasteiger partial charge in [-0.2, -0.15) is 0 Å². The van der Waals surface area contributed by atoms with Crippen molar-refractivity contribution in [1.29, 1.82) is 0 Å². The van der Waals surface area contributed by atoms with Crippen LogP contribution in [0.3, 0.4) is 0 Å². The van der Waals surface area contributed by atoms with Crippen molar-refractivity contribution in [2.45, 2.75) is 32.4 Å². The van der Waals surface area contributed by atoms with E-state index in [1.807, 2.05) is 18.5 Å². The zero-order valence-corrected chi connectivity index (χ0v) is 15.8. The highest BCUT2D eigenvalue weighted by atomic mass is 15.3. The minimum atomic E-state index is 0.558. The van der Waals surface area contributed by atoms with Gasteiger partial charge in [0.1, 0.15) is 12.1 Å². The highest BCUT2D eigenvalue weighted by Crippen LogP contribution is 2.26. The molecule has 6 heteroatoms. The van der Waals surface area contributed by atoms with Gasteiger partial charge in [0.05, 0.1) is 5.69 Å². The first kappa shape index (κ1) is 17.4. The van der Waals surface area contributed by atoms with E-state index in [4.69, 9.17) is 4.98 Å². The zero-order valence-electron chi connectivity index (χ0n) is 15.8. The summed E-state index contributed by atoms with van der Waals surface area (Å²) in [5, 5.41) is 0. The molecule has 26 heavy (non-hydrogen) atoms. The average Bonchev–Trinajstić information content (AvgIpc) is 2.87. The molecule has 2 aliphatic rings. The second-order valence-electron chi connectivity index (χ2n) is 7.54. The van der Waals surface area contributed by atoms with Gasteiger partial charge in [0.2, 0.25) is 0 Å². The van der Waals surface area contributed by atoms with E-state index in [0.717, 1.165) is 57.9 Å². The van der Waals surface area contributed by atoms with E-state index < -0.39 is 0 Å². The van der Waals surface area contributed by atoms with Gasteiger partial charge in [-0.3, -0.25) is 9.88 Å². The first-order chi connectivity index (χ1) is 12.7. The van der Waals surface area contributed by atoms with Crippen LogP contribution in [-0.2, 0) is 19.4 Å². The predicted octanol–water partition coefficient (Wildman–Crippen LogP) is 1.61. The fourth-order valence-electron chi connectivity index (χ4n) is 3.98. The molecule has 2 aromatic rings. The maximum atomic E-state index is 4.69. The van der Waals surface area contributed by atoms with E-state index in [2.05, 4.69) is 44.7 Å². The Bertz CT molecular complexity index is 734. The molecule has 4 heterocycles. The summed E-state index contributed by atoms with van der Waals surface area (Å²) in [6.45, 7) is 8.51. The lowest BCUT2D eigenvalue weighted by Gasteiger charge is -2.39. The van der Waals surface area contributed by atoms with Crippen molar-refractivity contribution < 1.29 is 0 Å². The van der Waals surface area contributed by atoms with E-state index in [0.29, 0.717) is 6.04 Å². The molecule has 0 spiro atoms. The Balaban J connectivity index is 1.50. The minimum Gasteiger partial charge on any atom is -0.353 e. The average molecular weight is 352 g/mol. The van der Waals surface area contributed by atoms with Gasteiger partial charge >= 0.3 is 0 Å². The van der Waals surface area contributed by atoms with E-state index in [1.54, 1.807) is 6.33 Å². The van der Waals surface area contributed by atoms with Gasteiger partial charge < -0.3 is 9.80 Å². The summed E-state index contributed by atoms with van der Waals surface area (Å²) in [5.74, 6) is 1.16. The van der Waals surface area contributed by atoms with E-state index in [9.17, 15) is 0 Å². The molecule has 0 aromatic carbocycles. The molecular formula is C20H28N6. The lowest BCUT2D eigenvalue weighted by molar-refractivity contribution is 0.233. The zero-order chi connectivity index (χ0) is 17.9. The molecule has 2 aliphatic heterocycles. The number of anilines is 1. The van der Waals surface area contributed by atoms with Crippen molar-refractivity contribution in [2.75, 3.05) is 44.7 Å². The Morgan fingerprint density at radius 1 is 1.12 bits per heavy atom. The summed E-state index contributed by atoms with van der Waals surface area (Å²) >= 11 is 0. The van der Waals surface area contributed by atoms with Crippen molar-refractivity contribution in [3.05, 3.63) is 47.7 Å². The fourth-order valence-corrected chi connectivity index (χ4v) is 3.98. The van der Waals surface area contributed by atoms with Crippen LogP contribution in [0.2, 0.25) is 0 Å². The third-order valence-corrected chi connectivity index (χ3v) is 5.74. The van der Waals surface area contributed by atoms with Crippen LogP contribution in [0.15, 0.2) is 30.9 Å². The second-order valence-corrected chi connectivity index (χ2v) is 7.54. The number of piperazine rings is 1.